The second kappa shape index (κ2) is 7.28. The fourth-order valence-electron chi connectivity index (χ4n) is 1.75. The molecule has 3 nitrogen and oxygen atoms in total. The van der Waals surface area contributed by atoms with Crippen molar-refractivity contribution >= 4 is 34.5 Å². The summed E-state index contributed by atoms with van der Waals surface area (Å²) in [6.45, 7) is 2.33. The summed E-state index contributed by atoms with van der Waals surface area (Å²) in [5.74, 6) is 5.55. The highest BCUT2D eigenvalue weighted by atomic mass is 35.5. The standard InChI is InChI=1S/C16H15ClN2OS/c1-2-13-7-8-15(21-13)16(20)19-14-10-12(17)6-5-11(14)4-3-9-18/h5-8,10H,2,9,18H2,1H3,(H,19,20). The molecule has 1 aromatic heterocycles. The van der Waals surface area contributed by atoms with Crippen LogP contribution in [0, 0.1) is 11.8 Å². The molecule has 0 unspecified atom stereocenters. The monoisotopic (exact) mass is 318 g/mol. The van der Waals surface area contributed by atoms with Crippen molar-refractivity contribution in [1.29, 1.82) is 0 Å². The maximum absolute atomic E-state index is 12.3. The van der Waals surface area contributed by atoms with Crippen LogP contribution in [0.15, 0.2) is 30.3 Å². The van der Waals surface area contributed by atoms with Crippen molar-refractivity contribution in [2.45, 2.75) is 13.3 Å². The molecule has 5 heteroatoms. The number of nitrogens with one attached hydrogen (secondary N) is 1. The van der Waals surface area contributed by atoms with Gasteiger partial charge in [-0.3, -0.25) is 4.79 Å². The molecule has 3 N–H and O–H groups in total. The van der Waals surface area contributed by atoms with Crippen LogP contribution in [-0.2, 0) is 6.42 Å². The predicted octanol–water partition coefficient (Wildman–Crippen LogP) is 3.53. The number of thiophene rings is 1. The topological polar surface area (TPSA) is 55.1 Å². The summed E-state index contributed by atoms with van der Waals surface area (Å²) >= 11 is 7.47. The number of aryl methyl sites for hydroxylation is 1. The zero-order valence-corrected chi connectivity index (χ0v) is 13.1. The van der Waals surface area contributed by atoms with E-state index >= 15 is 0 Å². The van der Waals surface area contributed by atoms with Crippen LogP contribution in [0.5, 0.6) is 0 Å². The van der Waals surface area contributed by atoms with Crippen LogP contribution < -0.4 is 11.1 Å². The minimum atomic E-state index is -0.155. The predicted molar refractivity (Wildman–Crippen MR) is 89.0 cm³/mol. The van der Waals surface area contributed by atoms with Crippen molar-refractivity contribution in [1.82, 2.24) is 0 Å². The number of hydrogen-bond donors (Lipinski definition) is 2. The van der Waals surface area contributed by atoms with Gasteiger partial charge in [0.2, 0.25) is 0 Å². The zero-order valence-electron chi connectivity index (χ0n) is 11.6. The summed E-state index contributed by atoms with van der Waals surface area (Å²) in [5, 5.41) is 3.40. The molecular weight excluding hydrogens is 304 g/mol. The molecule has 0 fully saturated rings. The van der Waals surface area contributed by atoms with Gasteiger partial charge in [-0.05, 0) is 36.8 Å². The van der Waals surface area contributed by atoms with Gasteiger partial charge in [-0.15, -0.1) is 11.3 Å². The molecule has 1 aromatic carbocycles. The Balaban J connectivity index is 2.25. The van der Waals surface area contributed by atoms with E-state index in [0.29, 0.717) is 21.2 Å². The van der Waals surface area contributed by atoms with E-state index in [9.17, 15) is 4.79 Å². The van der Waals surface area contributed by atoms with Crippen LogP contribution in [0.2, 0.25) is 5.02 Å². The molecule has 0 aliphatic heterocycles. The highest BCUT2D eigenvalue weighted by molar-refractivity contribution is 7.14. The van der Waals surface area contributed by atoms with Crippen molar-refractivity contribution in [2.24, 2.45) is 5.73 Å². The Morgan fingerprint density at radius 3 is 2.86 bits per heavy atom. The number of nitrogens with two attached hydrogens (primary N) is 1. The van der Waals surface area contributed by atoms with E-state index in [0.717, 1.165) is 6.42 Å². The zero-order chi connectivity index (χ0) is 15.2. The van der Waals surface area contributed by atoms with Crippen molar-refractivity contribution in [3.05, 3.63) is 50.7 Å². The minimum absolute atomic E-state index is 0.155. The lowest BCUT2D eigenvalue weighted by molar-refractivity contribution is 0.103. The van der Waals surface area contributed by atoms with Gasteiger partial charge >= 0.3 is 0 Å². The van der Waals surface area contributed by atoms with E-state index in [1.807, 2.05) is 12.1 Å². The molecule has 0 saturated carbocycles. The lowest BCUT2D eigenvalue weighted by atomic mass is 10.1. The summed E-state index contributed by atoms with van der Waals surface area (Å²) in [6, 6.07) is 8.99. The molecule has 0 atom stereocenters. The smallest absolute Gasteiger partial charge is 0.265 e. The summed E-state index contributed by atoms with van der Waals surface area (Å²) in [4.78, 5) is 14.1. The Labute approximate surface area is 133 Å². The van der Waals surface area contributed by atoms with Gasteiger partial charge in [-0.2, -0.15) is 0 Å². The first kappa shape index (κ1) is 15.6. The lowest BCUT2D eigenvalue weighted by Gasteiger charge is -2.07. The molecule has 0 radical (unpaired) electrons. The fourth-order valence-corrected chi connectivity index (χ4v) is 2.76. The number of carbonyl (C=O) groups excluding carboxylic acids is 1. The third-order valence-corrected chi connectivity index (χ3v) is 4.25. The lowest BCUT2D eigenvalue weighted by Crippen LogP contribution is -2.11. The second-order valence-electron chi connectivity index (χ2n) is 4.27. The number of rotatable bonds is 3. The maximum Gasteiger partial charge on any atom is 0.265 e. The maximum atomic E-state index is 12.3. The average molecular weight is 319 g/mol. The average Bonchev–Trinajstić information content (AvgIpc) is 2.95. The summed E-state index contributed by atoms with van der Waals surface area (Å²) in [6.07, 6.45) is 0.919. The molecule has 0 saturated heterocycles. The SMILES string of the molecule is CCc1ccc(C(=O)Nc2cc(Cl)ccc2C#CCN)s1. The third kappa shape index (κ3) is 4.08. The van der Waals surface area contributed by atoms with Crippen LogP contribution in [-0.4, -0.2) is 12.5 Å². The second-order valence-corrected chi connectivity index (χ2v) is 5.87. The number of anilines is 1. The Kier molecular flexibility index (Phi) is 5.40. The van der Waals surface area contributed by atoms with Crippen molar-refractivity contribution in [3.63, 3.8) is 0 Å². The van der Waals surface area contributed by atoms with Crippen LogP contribution in [0.3, 0.4) is 0 Å². The Morgan fingerprint density at radius 1 is 1.38 bits per heavy atom. The highest BCUT2D eigenvalue weighted by Gasteiger charge is 2.11. The molecule has 108 valence electrons. The molecule has 0 aliphatic rings. The van der Waals surface area contributed by atoms with E-state index in [2.05, 4.69) is 24.1 Å². The molecule has 0 bridgehead atoms. The molecular formula is C16H15ClN2OS. The Morgan fingerprint density at radius 2 is 2.19 bits per heavy atom. The molecule has 1 amide bonds. The molecule has 0 spiro atoms. The van der Waals surface area contributed by atoms with E-state index in [-0.39, 0.29) is 12.5 Å². The number of carbonyl (C=O) groups is 1. The number of halogens is 1. The number of benzene rings is 1. The molecule has 2 aromatic rings. The normalized spacial score (nSPS) is 9.86. The first-order valence-corrected chi connectivity index (χ1v) is 7.72. The van der Waals surface area contributed by atoms with Gasteiger partial charge in [0, 0.05) is 15.5 Å². The molecule has 2 rings (SSSR count). The van der Waals surface area contributed by atoms with Crippen molar-refractivity contribution in [3.8, 4) is 11.8 Å². The quantitative estimate of drug-likeness (QED) is 0.851. The fraction of sp³-hybridized carbons (Fsp3) is 0.188. The summed E-state index contributed by atoms with van der Waals surface area (Å²) in [5.41, 5.74) is 6.68. The molecule has 1 heterocycles. The molecule has 0 aliphatic carbocycles. The van der Waals surface area contributed by atoms with E-state index in [1.165, 1.54) is 16.2 Å². The molecule has 21 heavy (non-hydrogen) atoms. The van der Waals surface area contributed by atoms with Gasteiger partial charge in [0.15, 0.2) is 0 Å². The van der Waals surface area contributed by atoms with Gasteiger partial charge in [0.25, 0.3) is 5.91 Å². The minimum Gasteiger partial charge on any atom is -0.320 e. The van der Waals surface area contributed by atoms with Gasteiger partial charge in [-0.1, -0.05) is 30.4 Å². The first-order valence-electron chi connectivity index (χ1n) is 6.52. The van der Waals surface area contributed by atoms with E-state index < -0.39 is 0 Å². The van der Waals surface area contributed by atoms with Gasteiger partial charge in [0.05, 0.1) is 17.1 Å². The summed E-state index contributed by atoms with van der Waals surface area (Å²) < 4.78 is 0. The number of hydrogen-bond acceptors (Lipinski definition) is 3. The van der Waals surface area contributed by atoms with Crippen LogP contribution >= 0.6 is 22.9 Å². The van der Waals surface area contributed by atoms with Gasteiger partial charge < -0.3 is 11.1 Å². The van der Waals surface area contributed by atoms with Crippen LogP contribution in [0.4, 0.5) is 5.69 Å². The summed E-state index contributed by atoms with van der Waals surface area (Å²) in [7, 11) is 0. The first-order chi connectivity index (χ1) is 10.1. The Bertz CT molecular complexity index is 713. The highest BCUT2D eigenvalue weighted by Crippen LogP contribution is 2.23. The van der Waals surface area contributed by atoms with Crippen molar-refractivity contribution < 1.29 is 4.79 Å². The van der Waals surface area contributed by atoms with E-state index in [4.69, 9.17) is 17.3 Å². The van der Waals surface area contributed by atoms with E-state index in [1.54, 1.807) is 18.2 Å². The van der Waals surface area contributed by atoms with Crippen LogP contribution in [0.1, 0.15) is 27.0 Å². The van der Waals surface area contributed by atoms with Gasteiger partial charge in [0.1, 0.15) is 0 Å². The number of amides is 1. The largest absolute Gasteiger partial charge is 0.320 e. The van der Waals surface area contributed by atoms with Crippen LogP contribution in [0.25, 0.3) is 0 Å². The van der Waals surface area contributed by atoms with Gasteiger partial charge in [-0.25, -0.2) is 0 Å². The van der Waals surface area contributed by atoms with Crippen molar-refractivity contribution in [2.75, 3.05) is 11.9 Å². The Hall–Kier alpha value is -1.80. The third-order valence-electron chi connectivity index (χ3n) is 2.79.